The lowest BCUT2D eigenvalue weighted by Gasteiger charge is -2.12. The summed E-state index contributed by atoms with van der Waals surface area (Å²) in [6.45, 7) is 8.91. The monoisotopic (exact) mass is 334 g/mol. The average molecular weight is 334 g/mol. The minimum Gasteiger partial charge on any atom is -0.336 e. The Morgan fingerprint density at radius 2 is 2.00 bits per heavy atom. The Labute approximate surface area is 139 Å². The predicted molar refractivity (Wildman–Crippen MR) is 92.3 cm³/mol. The zero-order valence-electron chi connectivity index (χ0n) is 13.9. The van der Waals surface area contributed by atoms with Gasteiger partial charge in [-0.05, 0) is 42.9 Å². The van der Waals surface area contributed by atoms with Crippen molar-refractivity contribution in [1.82, 2.24) is 13.8 Å². The average Bonchev–Trinajstić information content (AvgIpc) is 2.83. The smallest absolute Gasteiger partial charge is 0.336 e. The van der Waals surface area contributed by atoms with Crippen LogP contribution in [0.1, 0.15) is 39.2 Å². The number of amides is 2. The van der Waals surface area contributed by atoms with Gasteiger partial charge in [0.05, 0.1) is 5.69 Å². The third kappa shape index (κ3) is 3.61. The molecule has 124 valence electrons. The van der Waals surface area contributed by atoms with E-state index in [4.69, 9.17) is 0 Å². The molecule has 0 aliphatic heterocycles. The zero-order valence-corrected chi connectivity index (χ0v) is 14.7. The number of para-hydroxylation sites is 1. The van der Waals surface area contributed by atoms with Gasteiger partial charge in [-0.15, -0.1) is 0 Å². The molecule has 1 aromatic carbocycles. The van der Waals surface area contributed by atoms with Gasteiger partial charge >= 0.3 is 11.7 Å². The maximum absolute atomic E-state index is 12.7. The van der Waals surface area contributed by atoms with Crippen LogP contribution in [0.3, 0.4) is 0 Å². The molecule has 2 amide bonds. The van der Waals surface area contributed by atoms with Crippen molar-refractivity contribution >= 4 is 17.6 Å². The van der Waals surface area contributed by atoms with E-state index in [0.29, 0.717) is 17.9 Å². The van der Waals surface area contributed by atoms with Gasteiger partial charge in [0.25, 0.3) is 0 Å². The van der Waals surface area contributed by atoms with Crippen LogP contribution in [-0.2, 0) is 6.54 Å². The molecule has 0 saturated heterocycles. The number of benzene rings is 1. The van der Waals surface area contributed by atoms with E-state index in [0.717, 1.165) is 11.3 Å². The van der Waals surface area contributed by atoms with Gasteiger partial charge in [0.15, 0.2) is 0 Å². The molecule has 2 rings (SSSR count). The molecule has 1 N–H and O–H groups in total. The molecule has 0 radical (unpaired) electrons. The number of urea groups is 1. The lowest BCUT2D eigenvalue weighted by molar-refractivity contribution is 0.249. The second-order valence-electron chi connectivity index (χ2n) is 5.35. The summed E-state index contributed by atoms with van der Waals surface area (Å²) in [7, 11) is 0. The number of nitrogens with one attached hydrogen (secondary N) is 1. The fourth-order valence-corrected chi connectivity index (χ4v) is 3.17. The standard InChI is InChI=1S/C16H22N4O2S/c1-5-17-14(21)18-15-20(16(22)19(6-2)23-15)13-10-8-7-9-12(13)11(3)4/h7-11H,5-6H2,1-4H3,(H,17,21)/b18-15-. The lowest BCUT2D eigenvalue weighted by Crippen LogP contribution is -2.30. The van der Waals surface area contributed by atoms with Crippen LogP contribution in [0.25, 0.3) is 5.69 Å². The number of rotatable bonds is 4. The van der Waals surface area contributed by atoms with Crippen molar-refractivity contribution in [3.8, 4) is 5.69 Å². The first kappa shape index (κ1) is 17.2. The molecular formula is C16H22N4O2S. The topological polar surface area (TPSA) is 68.4 Å². The van der Waals surface area contributed by atoms with Gasteiger partial charge in [-0.25, -0.2) is 18.1 Å². The highest BCUT2D eigenvalue weighted by Gasteiger charge is 2.15. The number of hydrogen-bond acceptors (Lipinski definition) is 3. The first-order chi connectivity index (χ1) is 11.0. The molecule has 0 unspecified atom stereocenters. The quantitative estimate of drug-likeness (QED) is 0.933. The Morgan fingerprint density at radius 3 is 2.61 bits per heavy atom. The fourth-order valence-electron chi connectivity index (χ4n) is 2.31. The SMILES string of the molecule is CCNC(=O)/N=c1\sn(CC)c(=O)n1-c1ccccc1C(C)C. The van der Waals surface area contributed by atoms with Gasteiger partial charge in [0.2, 0.25) is 4.80 Å². The number of carbonyl (C=O) groups is 1. The van der Waals surface area contributed by atoms with Crippen LogP contribution in [0.4, 0.5) is 4.79 Å². The van der Waals surface area contributed by atoms with E-state index < -0.39 is 6.03 Å². The second-order valence-corrected chi connectivity index (χ2v) is 6.34. The van der Waals surface area contributed by atoms with E-state index in [1.807, 2.05) is 38.1 Å². The zero-order chi connectivity index (χ0) is 17.0. The Balaban J connectivity index is 2.74. The van der Waals surface area contributed by atoms with Crippen molar-refractivity contribution in [3.05, 3.63) is 45.1 Å². The van der Waals surface area contributed by atoms with Crippen molar-refractivity contribution < 1.29 is 4.79 Å². The number of hydrogen-bond donors (Lipinski definition) is 1. The van der Waals surface area contributed by atoms with E-state index in [9.17, 15) is 9.59 Å². The third-order valence-corrected chi connectivity index (χ3v) is 4.47. The molecule has 0 fully saturated rings. The summed E-state index contributed by atoms with van der Waals surface area (Å²) in [6.07, 6.45) is 0. The summed E-state index contributed by atoms with van der Waals surface area (Å²) in [5.41, 5.74) is 1.65. The molecule has 2 aromatic rings. The van der Waals surface area contributed by atoms with Crippen molar-refractivity contribution in [1.29, 1.82) is 0 Å². The highest BCUT2D eigenvalue weighted by Crippen LogP contribution is 2.21. The third-order valence-electron chi connectivity index (χ3n) is 3.40. The highest BCUT2D eigenvalue weighted by molar-refractivity contribution is 7.03. The van der Waals surface area contributed by atoms with Gasteiger partial charge in [0, 0.05) is 13.1 Å². The summed E-state index contributed by atoms with van der Waals surface area (Å²) in [4.78, 5) is 29.0. The fraction of sp³-hybridized carbons (Fsp3) is 0.438. The Bertz CT molecular complexity index is 814. The Hall–Kier alpha value is -2.15. The number of aromatic nitrogens is 2. The summed E-state index contributed by atoms with van der Waals surface area (Å²) in [5, 5.41) is 2.63. The highest BCUT2D eigenvalue weighted by atomic mass is 32.1. The first-order valence-corrected chi connectivity index (χ1v) is 8.51. The number of nitrogens with zero attached hydrogens (tertiary/aromatic N) is 3. The normalized spacial score (nSPS) is 12.0. The van der Waals surface area contributed by atoms with Crippen LogP contribution < -0.4 is 15.8 Å². The summed E-state index contributed by atoms with van der Waals surface area (Å²) >= 11 is 1.20. The molecule has 1 heterocycles. The second kappa shape index (κ2) is 7.41. The molecule has 0 aliphatic carbocycles. The van der Waals surface area contributed by atoms with Crippen LogP contribution in [-0.4, -0.2) is 21.1 Å². The minimum absolute atomic E-state index is 0.173. The van der Waals surface area contributed by atoms with Gasteiger partial charge in [-0.1, -0.05) is 32.0 Å². The summed E-state index contributed by atoms with van der Waals surface area (Å²) in [6, 6.07) is 7.28. The molecule has 1 aromatic heterocycles. The van der Waals surface area contributed by atoms with Gasteiger partial charge in [-0.2, -0.15) is 4.99 Å². The van der Waals surface area contributed by atoms with Crippen LogP contribution in [0.15, 0.2) is 34.1 Å². The van der Waals surface area contributed by atoms with Crippen molar-refractivity contribution in [2.45, 2.75) is 40.2 Å². The van der Waals surface area contributed by atoms with E-state index in [2.05, 4.69) is 24.2 Å². The Morgan fingerprint density at radius 1 is 1.30 bits per heavy atom. The summed E-state index contributed by atoms with van der Waals surface area (Å²) < 4.78 is 3.12. The molecule has 0 bridgehead atoms. The molecule has 0 saturated carbocycles. The van der Waals surface area contributed by atoms with Crippen molar-refractivity contribution in [2.75, 3.05) is 6.54 Å². The summed E-state index contributed by atoms with van der Waals surface area (Å²) in [5.74, 6) is 0.255. The predicted octanol–water partition coefficient (Wildman–Crippen LogP) is 2.47. The largest absolute Gasteiger partial charge is 0.344 e. The molecule has 23 heavy (non-hydrogen) atoms. The van der Waals surface area contributed by atoms with Gasteiger partial charge in [0.1, 0.15) is 0 Å². The van der Waals surface area contributed by atoms with Crippen molar-refractivity contribution in [2.24, 2.45) is 4.99 Å². The number of carbonyl (C=O) groups excluding carboxylic acids is 1. The van der Waals surface area contributed by atoms with E-state index in [1.54, 1.807) is 3.96 Å². The van der Waals surface area contributed by atoms with Crippen LogP contribution in [0, 0.1) is 0 Å². The molecule has 0 aliphatic rings. The van der Waals surface area contributed by atoms with Gasteiger partial charge in [-0.3, -0.25) is 0 Å². The van der Waals surface area contributed by atoms with E-state index in [1.165, 1.54) is 16.1 Å². The molecule has 6 nitrogen and oxygen atoms in total. The molecular weight excluding hydrogens is 312 g/mol. The van der Waals surface area contributed by atoms with E-state index >= 15 is 0 Å². The molecule has 0 atom stereocenters. The van der Waals surface area contributed by atoms with Gasteiger partial charge < -0.3 is 5.32 Å². The first-order valence-electron chi connectivity index (χ1n) is 7.74. The molecule has 7 heteroatoms. The van der Waals surface area contributed by atoms with Crippen molar-refractivity contribution in [3.63, 3.8) is 0 Å². The van der Waals surface area contributed by atoms with Crippen LogP contribution in [0.5, 0.6) is 0 Å². The molecule has 0 spiro atoms. The van der Waals surface area contributed by atoms with Crippen LogP contribution >= 0.6 is 11.5 Å². The maximum Gasteiger partial charge on any atom is 0.344 e. The van der Waals surface area contributed by atoms with Crippen LogP contribution in [0.2, 0.25) is 0 Å². The maximum atomic E-state index is 12.7. The Kier molecular flexibility index (Phi) is 5.54. The number of aryl methyl sites for hydroxylation is 1. The lowest BCUT2D eigenvalue weighted by atomic mass is 10.0. The van der Waals surface area contributed by atoms with E-state index in [-0.39, 0.29) is 11.6 Å². The minimum atomic E-state index is -0.437.